The van der Waals surface area contributed by atoms with E-state index >= 15 is 0 Å². The van der Waals surface area contributed by atoms with Crippen molar-refractivity contribution in [2.45, 2.75) is 77.2 Å². The minimum Gasteiger partial charge on any atom is -0.494 e. The zero-order valence-electron chi connectivity index (χ0n) is 18.4. The van der Waals surface area contributed by atoms with E-state index in [-0.39, 0.29) is 12.5 Å². The van der Waals surface area contributed by atoms with Gasteiger partial charge in [-0.25, -0.2) is 0 Å². The fourth-order valence-electron chi connectivity index (χ4n) is 5.06. The Kier molecular flexibility index (Phi) is 6.87. The summed E-state index contributed by atoms with van der Waals surface area (Å²) in [6.45, 7) is 5.22. The van der Waals surface area contributed by atoms with Crippen molar-refractivity contribution in [1.82, 2.24) is 4.90 Å². The summed E-state index contributed by atoms with van der Waals surface area (Å²) in [6, 6.07) is 0. The van der Waals surface area contributed by atoms with Gasteiger partial charge >= 0.3 is 5.97 Å². The second kappa shape index (κ2) is 9.59. The minimum atomic E-state index is -0.759. The van der Waals surface area contributed by atoms with E-state index in [9.17, 15) is 4.79 Å². The van der Waals surface area contributed by atoms with Gasteiger partial charge in [0.15, 0.2) is 0 Å². The van der Waals surface area contributed by atoms with E-state index in [0.29, 0.717) is 18.9 Å². The third kappa shape index (κ3) is 5.90. The molecule has 0 amide bonds. The maximum Gasteiger partial charge on any atom is 0.303 e. The van der Waals surface area contributed by atoms with Crippen molar-refractivity contribution in [1.29, 1.82) is 0 Å². The highest BCUT2D eigenvalue weighted by Crippen LogP contribution is 2.57. The fourth-order valence-corrected chi connectivity index (χ4v) is 5.06. The Morgan fingerprint density at radius 1 is 1.27 bits per heavy atom. The van der Waals surface area contributed by atoms with Crippen LogP contribution in [0.2, 0.25) is 0 Å². The molecule has 4 rings (SSSR count). The van der Waals surface area contributed by atoms with Crippen molar-refractivity contribution < 1.29 is 19.4 Å². The monoisotopic (exact) mass is 415 g/mol. The maximum absolute atomic E-state index is 10.9. The fraction of sp³-hybridized carbons (Fsp3) is 0.720. The molecule has 0 unspecified atom stereocenters. The summed E-state index contributed by atoms with van der Waals surface area (Å²) < 4.78 is 12.1. The first kappa shape index (κ1) is 21.5. The lowest BCUT2D eigenvalue weighted by Gasteiger charge is -2.35. The van der Waals surface area contributed by atoms with Gasteiger partial charge in [-0.2, -0.15) is 0 Å². The SMILES string of the molecule is C\C1=C/C(N2CCO[C@@H](CCC(=O)O)C2)=C\C(OCC2CCC3(CC2)CC3)=C/CC1. The second-order valence-electron chi connectivity index (χ2n) is 9.83. The molecule has 1 saturated heterocycles. The smallest absolute Gasteiger partial charge is 0.303 e. The Labute approximate surface area is 180 Å². The number of allylic oxidation sites excluding steroid dienone is 4. The van der Waals surface area contributed by atoms with Crippen LogP contribution < -0.4 is 0 Å². The molecule has 0 aromatic rings. The number of hydrogen-bond donors (Lipinski definition) is 1. The summed E-state index contributed by atoms with van der Waals surface area (Å²) in [5, 5.41) is 8.98. The molecule has 4 aliphatic rings. The summed E-state index contributed by atoms with van der Waals surface area (Å²) in [6.07, 6.45) is 17.8. The third-order valence-electron chi connectivity index (χ3n) is 7.36. The Balaban J connectivity index is 1.37. The molecule has 3 fully saturated rings. The molecule has 3 aliphatic carbocycles. The molecule has 1 aliphatic heterocycles. The molecule has 1 N–H and O–H groups in total. The lowest BCUT2D eigenvalue weighted by molar-refractivity contribution is -0.138. The van der Waals surface area contributed by atoms with E-state index in [1.54, 1.807) is 0 Å². The van der Waals surface area contributed by atoms with E-state index in [2.05, 4.69) is 30.1 Å². The van der Waals surface area contributed by atoms with Crippen LogP contribution in [0.1, 0.15) is 71.1 Å². The highest BCUT2D eigenvalue weighted by molar-refractivity contribution is 5.66. The van der Waals surface area contributed by atoms with Crippen LogP contribution in [0.4, 0.5) is 0 Å². The largest absolute Gasteiger partial charge is 0.494 e. The summed E-state index contributed by atoms with van der Waals surface area (Å²) in [5.74, 6) is 0.931. The third-order valence-corrected chi connectivity index (χ3v) is 7.36. The molecular weight excluding hydrogens is 378 g/mol. The molecular formula is C25H37NO4. The van der Waals surface area contributed by atoms with Gasteiger partial charge in [-0.3, -0.25) is 4.79 Å². The standard InChI is InChI=1S/C25H37NO4/c1-19-3-2-4-22(30-18-20-7-9-25(10-8-20)11-12-25)16-21(15-19)26-13-14-29-23(17-26)5-6-24(27)28/h4,15-16,20,23H,2-3,5-14,17-18H2,1H3,(H,27,28)/b19-15+,21-16+,22-4+/t23-/m0/s1. The van der Waals surface area contributed by atoms with Gasteiger partial charge < -0.3 is 19.5 Å². The van der Waals surface area contributed by atoms with Crippen molar-refractivity contribution in [2.75, 3.05) is 26.3 Å². The van der Waals surface area contributed by atoms with Gasteiger partial charge in [0.1, 0.15) is 5.76 Å². The molecule has 0 aromatic heterocycles. The van der Waals surface area contributed by atoms with Crippen LogP contribution in [0.25, 0.3) is 0 Å². The molecule has 0 aromatic carbocycles. The number of rotatable bonds is 7. The van der Waals surface area contributed by atoms with E-state index in [4.69, 9.17) is 14.6 Å². The average Bonchev–Trinajstić information content (AvgIpc) is 3.48. The van der Waals surface area contributed by atoms with Crippen molar-refractivity contribution in [3.8, 4) is 0 Å². The zero-order chi connectivity index (χ0) is 21.0. The van der Waals surface area contributed by atoms with Crippen molar-refractivity contribution in [2.24, 2.45) is 11.3 Å². The molecule has 5 heteroatoms. The maximum atomic E-state index is 10.9. The van der Waals surface area contributed by atoms with Crippen LogP contribution in [-0.4, -0.2) is 48.4 Å². The number of nitrogens with zero attached hydrogens (tertiary/aromatic N) is 1. The Hall–Kier alpha value is -1.75. The summed E-state index contributed by atoms with van der Waals surface area (Å²) in [5.41, 5.74) is 3.27. The molecule has 5 nitrogen and oxygen atoms in total. The Bertz CT molecular complexity index is 709. The van der Waals surface area contributed by atoms with Crippen LogP contribution in [0.5, 0.6) is 0 Å². The molecule has 1 spiro atoms. The van der Waals surface area contributed by atoms with Crippen molar-refractivity contribution in [3.05, 3.63) is 35.3 Å². The lowest BCUT2D eigenvalue weighted by Crippen LogP contribution is -2.41. The Morgan fingerprint density at radius 3 is 2.80 bits per heavy atom. The van der Waals surface area contributed by atoms with Gasteiger partial charge in [0.2, 0.25) is 0 Å². The number of morpholine rings is 1. The van der Waals surface area contributed by atoms with Gasteiger partial charge in [0, 0.05) is 31.3 Å². The van der Waals surface area contributed by atoms with E-state index in [0.717, 1.165) is 43.7 Å². The van der Waals surface area contributed by atoms with Gasteiger partial charge in [0.25, 0.3) is 0 Å². The predicted molar refractivity (Wildman–Crippen MR) is 117 cm³/mol. The van der Waals surface area contributed by atoms with E-state index < -0.39 is 5.97 Å². The molecule has 1 heterocycles. The summed E-state index contributed by atoms with van der Waals surface area (Å²) in [7, 11) is 0. The topological polar surface area (TPSA) is 59.0 Å². The molecule has 1 atom stereocenters. The van der Waals surface area contributed by atoms with Crippen molar-refractivity contribution >= 4 is 5.97 Å². The number of aliphatic carboxylic acids is 1. The van der Waals surface area contributed by atoms with Crippen LogP contribution in [0, 0.1) is 11.3 Å². The summed E-state index contributed by atoms with van der Waals surface area (Å²) >= 11 is 0. The second-order valence-corrected chi connectivity index (χ2v) is 9.83. The van der Waals surface area contributed by atoms with Crippen LogP contribution in [0.15, 0.2) is 35.3 Å². The van der Waals surface area contributed by atoms with Crippen molar-refractivity contribution in [3.63, 3.8) is 0 Å². The predicted octanol–water partition coefficient (Wildman–Crippen LogP) is 5.05. The quantitative estimate of drug-likeness (QED) is 0.631. The molecule has 0 bridgehead atoms. The number of carboxylic acids is 1. The number of carboxylic acid groups (broad SMARTS) is 1. The first-order valence-electron chi connectivity index (χ1n) is 11.8. The number of carbonyl (C=O) groups is 1. The van der Waals surface area contributed by atoms with Crippen LogP contribution in [0.3, 0.4) is 0 Å². The highest BCUT2D eigenvalue weighted by Gasteiger charge is 2.44. The molecule has 166 valence electrons. The molecule has 0 radical (unpaired) electrons. The zero-order valence-corrected chi connectivity index (χ0v) is 18.4. The summed E-state index contributed by atoms with van der Waals surface area (Å²) in [4.78, 5) is 13.3. The number of ether oxygens (including phenoxy) is 2. The van der Waals surface area contributed by atoms with E-state index in [1.807, 2.05) is 0 Å². The van der Waals surface area contributed by atoms with Gasteiger partial charge in [0.05, 0.1) is 19.3 Å². The van der Waals surface area contributed by atoms with Gasteiger partial charge in [-0.05, 0) is 88.2 Å². The molecule has 30 heavy (non-hydrogen) atoms. The lowest BCUT2D eigenvalue weighted by atomic mass is 9.80. The first-order valence-corrected chi connectivity index (χ1v) is 11.8. The van der Waals surface area contributed by atoms with Crippen LogP contribution in [-0.2, 0) is 14.3 Å². The van der Waals surface area contributed by atoms with Gasteiger partial charge in [-0.15, -0.1) is 0 Å². The van der Waals surface area contributed by atoms with Crippen LogP contribution >= 0.6 is 0 Å². The van der Waals surface area contributed by atoms with E-state index in [1.165, 1.54) is 49.8 Å². The average molecular weight is 416 g/mol. The minimum absolute atomic E-state index is 0.0276. The highest BCUT2D eigenvalue weighted by atomic mass is 16.5. The Morgan fingerprint density at radius 2 is 2.07 bits per heavy atom. The molecule has 2 saturated carbocycles. The van der Waals surface area contributed by atoms with Gasteiger partial charge in [-0.1, -0.05) is 5.57 Å². The number of hydrogen-bond acceptors (Lipinski definition) is 4. The first-order chi connectivity index (χ1) is 14.5. The normalized spacial score (nSPS) is 32.1.